The summed E-state index contributed by atoms with van der Waals surface area (Å²) in [6.07, 6.45) is 0.140. The quantitative estimate of drug-likeness (QED) is 0.703. The number of aliphatic carboxylic acids is 1. The van der Waals surface area contributed by atoms with Crippen molar-refractivity contribution < 1.29 is 14.6 Å². The van der Waals surface area contributed by atoms with Crippen LogP contribution in [0.2, 0.25) is 0 Å². The number of nitrogens with zero attached hydrogens (tertiary/aromatic N) is 1. The first-order chi connectivity index (χ1) is 8.24. The Kier molecular flexibility index (Phi) is 6.10. The molecule has 0 aromatic heterocycles. The molecule has 0 aliphatic carbocycles. The van der Waals surface area contributed by atoms with Crippen LogP contribution in [0.15, 0.2) is 30.3 Å². The fourth-order valence-electron chi connectivity index (χ4n) is 1.56. The number of benzene rings is 1. The number of carboxylic acids is 1. The van der Waals surface area contributed by atoms with E-state index < -0.39 is 5.97 Å². The molecule has 4 nitrogen and oxygen atoms in total. The lowest BCUT2D eigenvalue weighted by Crippen LogP contribution is -2.29. The highest BCUT2D eigenvalue weighted by Gasteiger charge is 2.07. The Morgan fingerprint density at radius 1 is 1.29 bits per heavy atom. The van der Waals surface area contributed by atoms with Crippen molar-refractivity contribution in [2.75, 3.05) is 31.2 Å². The van der Waals surface area contributed by atoms with Crippen LogP contribution >= 0.6 is 0 Å². The molecular weight excluding hydrogens is 218 g/mol. The second-order valence-corrected chi connectivity index (χ2v) is 3.66. The molecule has 1 rings (SSSR count). The summed E-state index contributed by atoms with van der Waals surface area (Å²) in [5.74, 6) is -0.776. The third-order valence-electron chi connectivity index (χ3n) is 2.43. The number of para-hydroxylation sites is 1. The van der Waals surface area contributed by atoms with Crippen molar-refractivity contribution >= 4 is 11.7 Å². The molecular formula is C13H19NO3. The maximum atomic E-state index is 10.6. The molecule has 0 heterocycles. The van der Waals surface area contributed by atoms with Crippen molar-refractivity contribution in [1.82, 2.24) is 0 Å². The summed E-state index contributed by atoms with van der Waals surface area (Å²) < 4.78 is 5.30. The van der Waals surface area contributed by atoms with Gasteiger partial charge in [0.15, 0.2) is 0 Å². The summed E-state index contributed by atoms with van der Waals surface area (Å²) in [6, 6.07) is 9.80. The molecule has 0 fully saturated rings. The number of anilines is 1. The molecule has 0 amide bonds. The van der Waals surface area contributed by atoms with Crippen molar-refractivity contribution in [2.24, 2.45) is 0 Å². The Morgan fingerprint density at radius 3 is 2.59 bits per heavy atom. The van der Waals surface area contributed by atoms with E-state index in [0.717, 1.165) is 5.69 Å². The Balaban J connectivity index is 2.55. The summed E-state index contributed by atoms with van der Waals surface area (Å²) in [6.45, 7) is 4.47. The Hall–Kier alpha value is -1.55. The summed E-state index contributed by atoms with van der Waals surface area (Å²) in [7, 11) is 0. The van der Waals surface area contributed by atoms with Gasteiger partial charge in [0.25, 0.3) is 0 Å². The van der Waals surface area contributed by atoms with Crippen LogP contribution in [-0.4, -0.2) is 37.4 Å². The molecule has 0 aliphatic rings. The standard InChI is InChI=1S/C13H19NO3/c1-2-17-11-10-14(9-8-13(15)16)12-6-4-3-5-7-12/h3-7H,2,8-11H2,1H3,(H,15,16). The lowest BCUT2D eigenvalue weighted by molar-refractivity contribution is -0.136. The third kappa shape index (κ3) is 5.36. The zero-order chi connectivity index (χ0) is 12.5. The smallest absolute Gasteiger partial charge is 0.305 e. The van der Waals surface area contributed by atoms with E-state index in [9.17, 15) is 4.79 Å². The zero-order valence-corrected chi connectivity index (χ0v) is 10.1. The number of hydrogen-bond acceptors (Lipinski definition) is 3. The van der Waals surface area contributed by atoms with Crippen LogP contribution in [0, 0.1) is 0 Å². The van der Waals surface area contributed by atoms with E-state index in [1.165, 1.54) is 0 Å². The van der Waals surface area contributed by atoms with E-state index in [2.05, 4.69) is 0 Å². The molecule has 4 heteroatoms. The SMILES string of the molecule is CCOCCN(CCC(=O)O)c1ccccc1. The molecule has 0 spiro atoms. The summed E-state index contributed by atoms with van der Waals surface area (Å²) >= 11 is 0. The van der Waals surface area contributed by atoms with Crippen molar-refractivity contribution in [3.05, 3.63) is 30.3 Å². The van der Waals surface area contributed by atoms with Gasteiger partial charge in [-0.25, -0.2) is 0 Å². The number of carbonyl (C=O) groups is 1. The van der Waals surface area contributed by atoms with Gasteiger partial charge in [-0.2, -0.15) is 0 Å². The maximum absolute atomic E-state index is 10.6. The highest BCUT2D eigenvalue weighted by Crippen LogP contribution is 2.13. The maximum Gasteiger partial charge on any atom is 0.305 e. The van der Waals surface area contributed by atoms with Crippen LogP contribution in [0.1, 0.15) is 13.3 Å². The monoisotopic (exact) mass is 237 g/mol. The first-order valence-corrected chi connectivity index (χ1v) is 5.83. The molecule has 94 valence electrons. The van der Waals surface area contributed by atoms with Gasteiger partial charge in [-0.3, -0.25) is 4.79 Å². The Bertz CT molecular complexity index is 327. The zero-order valence-electron chi connectivity index (χ0n) is 10.1. The molecule has 0 radical (unpaired) electrons. The molecule has 1 N–H and O–H groups in total. The first-order valence-electron chi connectivity index (χ1n) is 5.83. The van der Waals surface area contributed by atoms with Gasteiger partial charge >= 0.3 is 5.97 Å². The van der Waals surface area contributed by atoms with Gasteiger partial charge in [-0.05, 0) is 19.1 Å². The lowest BCUT2D eigenvalue weighted by Gasteiger charge is -2.23. The third-order valence-corrected chi connectivity index (χ3v) is 2.43. The average Bonchev–Trinajstić information content (AvgIpc) is 2.34. The van der Waals surface area contributed by atoms with E-state index >= 15 is 0 Å². The number of carboxylic acid groups (broad SMARTS) is 1. The van der Waals surface area contributed by atoms with Gasteiger partial charge in [0.2, 0.25) is 0 Å². The highest BCUT2D eigenvalue weighted by molar-refractivity contribution is 5.67. The molecule has 0 saturated heterocycles. The second kappa shape index (κ2) is 7.68. The van der Waals surface area contributed by atoms with Crippen molar-refractivity contribution in [2.45, 2.75) is 13.3 Å². The van der Waals surface area contributed by atoms with Crippen molar-refractivity contribution in [1.29, 1.82) is 0 Å². The van der Waals surface area contributed by atoms with Crippen LogP contribution in [0.4, 0.5) is 5.69 Å². The molecule has 0 bridgehead atoms. The molecule has 0 unspecified atom stereocenters. The lowest BCUT2D eigenvalue weighted by atomic mass is 10.2. The van der Waals surface area contributed by atoms with Crippen LogP contribution in [0.5, 0.6) is 0 Å². The topological polar surface area (TPSA) is 49.8 Å². The van der Waals surface area contributed by atoms with Crippen molar-refractivity contribution in [3.63, 3.8) is 0 Å². The Labute approximate surface area is 102 Å². The fraction of sp³-hybridized carbons (Fsp3) is 0.462. The molecule has 1 aromatic rings. The fourth-order valence-corrected chi connectivity index (χ4v) is 1.56. The van der Waals surface area contributed by atoms with E-state index in [-0.39, 0.29) is 6.42 Å². The van der Waals surface area contributed by atoms with Crippen molar-refractivity contribution in [3.8, 4) is 0 Å². The minimum absolute atomic E-state index is 0.140. The van der Waals surface area contributed by atoms with Gasteiger partial charge in [0.1, 0.15) is 0 Å². The van der Waals surface area contributed by atoms with Gasteiger partial charge in [-0.1, -0.05) is 18.2 Å². The minimum Gasteiger partial charge on any atom is -0.481 e. The van der Waals surface area contributed by atoms with Crippen LogP contribution in [0.25, 0.3) is 0 Å². The minimum atomic E-state index is -0.776. The molecule has 17 heavy (non-hydrogen) atoms. The van der Waals surface area contributed by atoms with Gasteiger partial charge in [0.05, 0.1) is 13.0 Å². The van der Waals surface area contributed by atoms with Gasteiger partial charge in [-0.15, -0.1) is 0 Å². The molecule has 0 aliphatic heterocycles. The molecule has 0 atom stereocenters. The van der Waals surface area contributed by atoms with Gasteiger partial charge < -0.3 is 14.7 Å². The van der Waals surface area contributed by atoms with Crippen LogP contribution < -0.4 is 4.90 Å². The molecule has 0 saturated carbocycles. The normalized spacial score (nSPS) is 10.2. The Morgan fingerprint density at radius 2 is 2.00 bits per heavy atom. The predicted molar refractivity (Wildman–Crippen MR) is 67.4 cm³/mol. The number of ether oxygens (including phenoxy) is 1. The van der Waals surface area contributed by atoms with E-state index in [4.69, 9.17) is 9.84 Å². The molecule has 1 aromatic carbocycles. The summed E-state index contributed by atoms with van der Waals surface area (Å²) in [5.41, 5.74) is 1.04. The predicted octanol–water partition coefficient (Wildman–Crippen LogP) is 2.00. The van der Waals surface area contributed by atoms with E-state index in [0.29, 0.717) is 26.3 Å². The highest BCUT2D eigenvalue weighted by atomic mass is 16.5. The van der Waals surface area contributed by atoms with Gasteiger partial charge in [0, 0.05) is 25.4 Å². The first kappa shape index (κ1) is 13.5. The largest absolute Gasteiger partial charge is 0.481 e. The van der Waals surface area contributed by atoms with Crippen LogP contribution in [0.3, 0.4) is 0 Å². The van der Waals surface area contributed by atoms with E-state index in [1.54, 1.807) is 0 Å². The average molecular weight is 237 g/mol. The number of rotatable bonds is 8. The van der Waals surface area contributed by atoms with E-state index in [1.807, 2.05) is 42.2 Å². The summed E-state index contributed by atoms with van der Waals surface area (Å²) in [5, 5.41) is 8.72. The summed E-state index contributed by atoms with van der Waals surface area (Å²) in [4.78, 5) is 12.6. The van der Waals surface area contributed by atoms with Crippen LogP contribution in [-0.2, 0) is 9.53 Å². The number of hydrogen-bond donors (Lipinski definition) is 1. The second-order valence-electron chi connectivity index (χ2n) is 3.66.